The molecule has 0 radical (unpaired) electrons. The molecular formula is C13H10ClI2N. The molecule has 0 aliphatic rings. The van der Waals surface area contributed by atoms with Crippen LogP contribution in [-0.4, -0.2) is 0 Å². The molecule has 0 atom stereocenters. The molecule has 1 nitrogen and oxygen atoms in total. The molecule has 0 amide bonds. The summed E-state index contributed by atoms with van der Waals surface area (Å²) < 4.78 is 2.42. The van der Waals surface area contributed by atoms with Crippen LogP contribution in [0.3, 0.4) is 0 Å². The summed E-state index contributed by atoms with van der Waals surface area (Å²) in [7, 11) is 0. The maximum atomic E-state index is 6.13. The van der Waals surface area contributed by atoms with Gasteiger partial charge >= 0.3 is 0 Å². The number of benzene rings is 2. The molecule has 0 aliphatic carbocycles. The number of rotatable bonds is 3. The minimum Gasteiger partial charge on any atom is -0.380 e. The SMILES string of the molecule is Clc1ccc(I)cc1NCc1cccc(I)c1. The molecule has 88 valence electrons. The number of anilines is 1. The van der Waals surface area contributed by atoms with Crippen LogP contribution in [0.25, 0.3) is 0 Å². The summed E-state index contributed by atoms with van der Waals surface area (Å²) in [4.78, 5) is 0. The molecule has 17 heavy (non-hydrogen) atoms. The Morgan fingerprint density at radius 3 is 2.53 bits per heavy atom. The lowest BCUT2D eigenvalue weighted by Crippen LogP contribution is -2.00. The fourth-order valence-electron chi connectivity index (χ4n) is 1.48. The van der Waals surface area contributed by atoms with Gasteiger partial charge in [0.1, 0.15) is 0 Å². The molecule has 0 aromatic heterocycles. The van der Waals surface area contributed by atoms with E-state index >= 15 is 0 Å². The van der Waals surface area contributed by atoms with Crippen LogP contribution >= 0.6 is 56.8 Å². The Hall–Kier alpha value is -0.0100. The summed E-state index contributed by atoms with van der Waals surface area (Å²) in [5.74, 6) is 0. The topological polar surface area (TPSA) is 12.0 Å². The van der Waals surface area contributed by atoms with Crippen LogP contribution in [0.1, 0.15) is 5.56 Å². The van der Waals surface area contributed by atoms with E-state index in [1.165, 1.54) is 12.7 Å². The zero-order valence-corrected chi connectivity index (χ0v) is 14.0. The van der Waals surface area contributed by atoms with Crippen LogP contribution in [-0.2, 0) is 6.54 Å². The zero-order chi connectivity index (χ0) is 12.3. The van der Waals surface area contributed by atoms with Gasteiger partial charge in [0, 0.05) is 13.7 Å². The molecule has 2 aromatic rings. The Bertz CT molecular complexity index is 529. The molecule has 0 heterocycles. The molecule has 0 aliphatic heterocycles. The van der Waals surface area contributed by atoms with E-state index in [9.17, 15) is 0 Å². The monoisotopic (exact) mass is 469 g/mol. The maximum absolute atomic E-state index is 6.13. The van der Waals surface area contributed by atoms with Crippen molar-refractivity contribution in [2.45, 2.75) is 6.54 Å². The van der Waals surface area contributed by atoms with Crippen LogP contribution < -0.4 is 5.32 Å². The van der Waals surface area contributed by atoms with Gasteiger partial charge in [-0.15, -0.1) is 0 Å². The van der Waals surface area contributed by atoms with E-state index in [1.807, 2.05) is 12.1 Å². The lowest BCUT2D eigenvalue weighted by molar-refractivity contribution is 1.14. The minimum absolute atomic E-state index is 0.760. The second-order valence-electron chi connectivity index (χ2n) is 3.61. The van der Waals surface area contributed by atoms with Crippen molar-refractivity contribution in [1.82, 2.24) is 0 Å². The third-order valence-corrected chi connectivity index (χ3v) is 3.97. The second kappa shape index (κ2) is 6.24. The van der Waals surface area contributed by atoms with Gasteiger partial charge in [-0.1, -0.05) is 23.7 Å². The van der Waals surface area contributed by atoms with E-state index in [-0.39, 0.29) is 0 Å². The summed E-state index contributed by atoms with van der Waals surface area (Å²) in [6.45, 7) is 0.788. The van der Waals surface area contributed by atoms with Gasteiger partial charge < -0.3 is 5.32 Å². The highest BCUT2D eigenvalue weighted by atomic mass is 127. The number of halogens is 3. The van der Waals surface area contributed by atoms with Gasteiger partial charge in [-0.05, 0) is 81.1 Å². The predicted molar refractivity (Wildman–Crippen MR) is 90.7 cm³/mol. The molecule has 0 unspecified atom stereocenters. The molecule has 1 N–H and O–H groups in total. The van der Waals surface area contributed by atoms with E-state index in [1.54, 1.807) is 0 Å². The number of nitrogens with one attached hydrogen (secondary N) is 1. The summed E-state index contributed by atoms with van der Waals surface area (Å²) in [5, 5.41) is 4.12. The van der Waals surface area contributed by atoms with Crippen molar-refractivity contribution in [2.24, 2.45) is 0 Å². The first-order chi connectivity index (χ1) is 8.15. The van der Waals surface area contributed by atoms with Gasteiger partial charge in [-0.2, -0.15) is 0 Å². The quantitative estimate of drug-likeness (QED) is 0.613. The largest absolute Gasteiger partial charge is 0.380 e. The lowest BCUT2D eigenvalue weighted by Gasteiger charge is -2.09. The predicted octanol–water partition coefficient (Wildman–Crippen LogP) is 5.16. The van der Waals surface area contributed by atoms with Crippen molar-refractivity contribution in [3.63, 3.8) is 0 Å². The van der Waals surface area contributed by atoms with E-state index in [0.29, 0.717) is 0 Å². The highest BCUT2D eigenvalue weighted by Gasteiger charge is 2.01. The highest BCUT2D eigenvalue weighted by molar-refractivity contribution is 14.1. The van der Waals surface area contributed by atoms with E-state index in [0.717, 1.165) is 17.3 Å². The van der Waals surface area contributed by atoms with Crippen LogP contribution in [0.5, 0.6) is 0 Å². The third-order valence-electron chi connectivity index (χ3n) is 2.30. The minimum atomic E-state index is 0.760. The first kappa shape index (κ1) is 13.4. The van der Waals surface area contributed by atoms with Crippen LogP contribution in [0.4, 0.5) is 5.69 Å². The molecule has 2 rings (SSSR count). The lowest BCUT2D eigenvalue weighted by atomic mass is 10.2. The Labute approximate surface area is 133 Å². The van der Waals surface area contributed by atoms with Gasteiger partial charge in [-0.25, -0.2) is 0 Å². The summed E-state index contributed by atoms with van der Waals surface area (Å²) >= 11 is 10.7. The molecule has 0 saturated carbocycles. The van der Waals surface area contributed by atoms with Gasteiger partial charge in [0.25, 0.3) is 0 Å². The van der Waals surface area contributed by atoms with Crippen molar-refractivity contribution < 1.29 is 0 Å². The van der Waals surface area contributed by atoms with Gasteiger partial charge in [0.05, 0.1) is 10.7 Å². The smallest absolute Gasteiger partial charge is 0.0638 e. The van der Waals surface area contributed by atoms with E-state index < -0.39 is 0 Å². The molecule has 2 aromatic carbocycles. The molecular weight excluding hydrogens is 459 g/mol. The first-order valence-electron chi connectivity index (χ1n) is 5.08. The molecule has 4 heteroatoms. The average Bonchev–Trinajstić information content (AvgIpc) is 2.30. The molecule has 0 saturated heterocycles. The Kier molecular flexibility index (Phi) is 4.93. The fourth-order valence-corrected chi connectivity index (χ4v) is 2.76. The number of hydrogen-bond donors (Lipinski definition) is 1. The Morgan fingerprint density at radius 1 is 1.00 bits per heavy atom. The molecule has 0 bridgehead atoms. The van der Waals surface area contributed by atoms with Gasteiger partial charge in [0.2, 0.25) is 0 Å². The van der Waals surface area contributed by atoms with Crippen molar-refractivity contribution in [3.05, 3.63) is 60.2 Å². The normalized spacial score (nSPS) is 10.3. The molecule has 0 spiro atoms. The van der Waals surface area contributed by atoms with Crippen LogP contribution in [0.15, 0.2) is 42.5 Å². The summed E-state index contributed by atoms with van der Waals surface area (Å²) in [6, 6.07) is 14.4. The second-order valence-corrected chi connectivity index (χ2v) is 6.51. The highest BCUT2D eigenvalue weighted by Crippen LogP contribution is 2.24. The van der Waals surface area contributed by atoms with Crippen molar-refractivity contribution in [1.29, 1.82) is 0 Å². The fraction of sp³-hybridized carbons (Fsp3) is 0.0769. The molecule has 0 fully saturated rings. The van der Waals surface area contributed by atoms with Crippen molar-refractivity contribution in [3.8, 4) is 0 Å². The first-order valence-corrected chi connectivity index (χ1v) is 7.62. The van der Waals surface area contributed by atoms with E-state index in [4.69, 9.17) is 11.6 Å². The van der Waals surface area contributed by atoms with Crippen molar-refractivity contribution >= 4 is 62.5 Å². The standard InChI is InChI=1S/C13H10ClI2N/c14-12-5-4-11(16)7-13(12)17-8-9-2-1-3-10(15)6-9/h1-7,17H,8H2. The summed E-state index contributed by atoms with van der Waals surface area (Å²) in [5.41, 5.74) is 2.24. The number of hydrogen-bond acceptors (Lipinski definition) is 1. The third kappa shape index (κ3) is 3.99. The van der Waals surface area contributed by atoms with Crippen molar-refractivity contribution in [2.75, 3.05) is 5.32 Å². The average molecular weight is 469 g/mol. The zero-order valence-electron chi connectivity index (χ0n) is 8.88. The van der Waals surface area contributed by atoms with Gasteiger partial charge in [-0.3, -0.25) is 0 Å². The Balaban J connectivity index is 2.09. The van der Waals surface area contributed by atoms with E-state index in [2.05, 4.69) is 80.8 Å². The van der Waals surface area contributed by atoms with Gasteiger partial charge in [0.15, 0.2) is 0 Å². The maximum Gasteiger partial charge on any atom is 0.0638 e. The summed E-state index contributed by atoms with van der Waals surface area (Å²) in [6.07, 6.45) is 0. The van der Waals surface area contributed by atoms with Crippen LogP contribution in [0, 0.1) is 7.14 Å². The Morgan fingerprint density at radius 2 is 1.76 bits per heavy atom. The van der Waals surface area contributed by atoms with Crippen LogP contribution in [0.2, 0.25) is 5.02 Å².